The molecule has 0 saturated carbocycles. The minimum absolute atomic E-state index is 0.0677. The number of amides is 1. The Hall–Kier alpha value is -2.47. The standard InChI is InChI=1S/C22H17Cl2N3OS/c23-16-9-8-15(18(24)11-16)12-29-13-21(28)25-17-5-3-4-14(10-17)22-26-19-6-1-2-7-20(19)27-22/h1-11H,12-13H2,(H,25,28)(H,26,27). The van der Waals surface area contributed by atoms with Gasteiger partial charge in [0.25, 0.3) is 0 Å². The first kappa shape index (κ1) is 19.8. The second kappa shape index (κ2) is 8.91. The van der Waals surface area contributed by atoms with Gasteiger partial charge in [0.2, 0.25) is 5.91 Å². The van der Waals surface area contributed by atoms with Gasteiger partial charge in [-0.3, -0.25) is 4.79 Å². The Labute approximate surface area is 182 Å². The lowest BCUT2D eigenvalue weighted by Crippen LogP contribution is -2.14. The Kier molecular flexibility index (Phi) is 6.09. The SMILES string of the molecule is O=C(CSCc1ccc(Cl)cc1Cl)Nc1cccc(-c2nc3ccccc3[nH]2)c1. The second-order valence-electron chi connectivity index (χ2n) is 6.46. The number of thioether (sulfide) groups is 1. The summed E-state index contributed by atoms with van der Waals surface area (Å²) in [7, 11) is 0. The van der Waals surface area contributed by atoms with Crippen molar-refractivity contribution in [2.24, 2.45) is 0 Å². The molecule has 1 heterocycles. The number of aromatic amines is 1. The van der Waals surface area contributed by atoms with Crippen LogP contribution in [0.5, 0.6) is 0 Å². The first-order valence-electron chi connectivity index (χ1n) is 8.95. The van der Waals surface area contributed by atoms with Crippen molar-refractivity contribution in [2.45, 2.75) is 5.75 Å². The van der Waals surface area contributed by atoms with Gasteiger partial charge < -0.3 is 10.3 Å². The van der Waals surface area contributed by atoms with Crippen LogP contribution in [0, 0.1) is 0 Å². The Morgan fingerprint density at radius 1 is 1.03 bits per heavy atom. The van der Waals surface area contributed by atoms with Crippen molar-refractivity contribution < 1.29 is 4.79 Å². The van der Waals surface area contributed by atoms with E-state index in [-0.39, 0.29) is 5.91 Å². The van der Waals surface area contributed by atoms with Gasteiger partial charge in [0.05, 0.1) is 16.8 Å². The van der Waals surface area contributed by atoms with E-state index >= 15 is 0 Å². The number of hydrogen-bond acceptors (Lipinski definition) is 3. The van der Waals surface area contributed by atoms with E-state index in [9.17, 15) is 4.79 Å². The Bertz CT molecular complexity index is 1140. The highest BCUT2D eigenvalue weighted by Crippen LogP contribution is 2.25. The number of carbonyl (C=O) groups excluding carboxylic acids is 1. The molecule has 0 saturated heterocycles. The Morgan fingerprint density at radius 2 is 1.90 bits per heavy atom. The van der Waals surface area contributed by atoms with Crippen molar-refractivity contribution in [1.82, 2.24) is 9.97 Å². The number of anilines is 1. The van der Waals surface area contributed by atoms with Crippen LogP contribution in [-0.4, -0.2) is 21.6 Å². The fourth-order valence-electron chi connectivity index (χ4n) is 2.92. The quantitative estimate of drug-likeness (QED) is 0.363. The van der Waals surface area contributed by atoms with Crippen molar-refractivity contribution in [1.29, 1.82) is 0 Å². The summed E-state index contributed by atoms with van der Waals surface area (Å²) in [6.45, 7) is 0. The van der Waals surface area contributed by atoms with Gasteiger partial charge in [0, 0.05) is 27.0 Å². The average molecular weight is 442 g/mol. The lowest BCUT2D eigenvalue weighted by atomic mass is 10.2. The predicted octanol–water partition coefficient (Wildman–Crippen LogP) is 6.41. The molecule has 2 N–H and O–H groups in total. The van der Waals surface area contributed by atoms with Crippen LogP contribution < -0.4 is 5.32 Å². The van der Waals surface area contributed by atoms with Gasteiger partial charge in [-0.2, -0.15) is 0 Å². The lowest BCUT2D eigenvalue weighted by Gasteiger charge is -2.07. The molecule has 0 atom stereocenters. The summed E-state index contributed by atoms with van der Waals surface area (Å²) in [4.78, 5) is 20.2. The zero-order chi connectivity index (χ0) is 20.2. The van der Waals surface area contributed by atoms with Gasteiger partial charge >= 0.3 is 0 Å². The van der Waals surface area contributed by atoms with E-state index in [0.29, 0.717) is 21.6 Å². The fraction of sp³-hybridized carbons (Fsp3) is 0.0909. The van der Waals surface area contributed by atoms with Gasteiger partial charge in [-0.05, 0) is 42.0 Å². The minimum atomic E-state index is -0.0677. The summed E-state index contributed by atoms with van der Waals surface area (Å²) in [5.74, 6) is 1.67. The number of hydrogen-bond donors (Lipinski definition) is 2. The molecule has 0 bridgehead atoms. The molecule has 7 heteroatoms. The van der Waals surface area contributed by atoms with Gasteiger partial charge in [-0.15, -0.1) is 11.8 Å². The number of H-pyrrole nitrogens is 1. The molecule has 0 radical (unpaired) electrons. The van der Waals surface area contributed by atoms with E-state index < -0.39 is 0 Å². The number of benzene rings is 3. The van der Waals surface area contributed by atoms with Crippen LogP contribution in [0.3, 0.4) is 0 Å². The van der Waals surface area contributed by atoms with Gasteiger partial charge in [0.15, 0.2) is 0 Å². The third-order valence-electron chi connectivity index (χ3n) is 4.31. The maximum absolute atomic E-state index is 12.3. The molecule has 4 rings (SSSR count). The molecule has 4 aromatic rings. The maximum atomic E-state index is 12.3. The molecule has 0 aliphatic heterocycles. The topological polar surface area (TPSA) is 57.8 Å². The van der Waals surface area contributed by atoms with Crippen LogP contribution in [0.15, 0.2) is 66.7 Å². The second-order valence-corrected chi connectivity index (χ2v) is 8.29. The summed E-state index contributed by atoms with van der Waals surface area (Å²) in [5.41, 5.74) is 4.50. The summed E-state index contributed by atoms with van der Waals surface area (Å²) in [5, 5.41) is 4.16. The van der Waals surface area contributed by atoms with Crippen molar-refractivity contribution in [3.05, 3.63) is 82.3 Å². The Morgan fingerprint density at radius 3 is 2.72 bits per heavy atom. The number of nitrogens with zero attached hydrogens (tertiary/aromatic N) is 1. The smallest absolute Gasteiger partial charge is 0.234 e. The number of imidazole rings is 1. The van der Waals surface area contributed by atoms with E-state index in [4.69, 9.17) is 23.2 Å². The van der Waals surface area contributed by atoms with Gasteiger partial charge in [-0.25, -0.2) is 4.98 Å². The van der Waals surface area contributed by atoms with Gasteiger partial charge in [-0.1, -0.05) is 53.5 Å². The van der Waals surface area contributed by atoms with Crippen molar-refractivity contribution in [3.63, 3.8) is 0 Å². The first-order valence-corrected chi connectivity index (χ1v) is 10.9. The number of para-hydroxylation sites is 2. The van der Waals surface area contributed by atoms with E-state index in [0.717, 1.165) is 33.7 Å². The molecule has 0 unspecified atom stereocenters. The number of nitrogens with one attached hydrogen (secondary N) is 2. The van der Waals surface area contributed by atoms with Crippen LogP contribution in [0.1, 0.15) is 5.56 Å². The van der Waals surface area contributed by atoms with Crippen molar-refractivity contribution in [2.75, 3.05) is 11.1 Å². The molecule has 146 valence electrons. The van der Waals surface area contributed by atoms with Crippen molar-refractivity contribution in [3.8, 4) is 11.4 Å². The highest BCUT2D eigenvalue weighted by atomic mass is 35.5. The lowest BCUT2D eigenvalue weighted by molar-refractivity contribution is -0.113. The number of fused-ring (bicyclic) bond motifs is 1. The van der Waals surface area contributed by atoms with Crippen LogP contribution in [0.2, 0.25) is 10.0 Å². The third kappa shape index (κ3) is 4.93. The van der Waals surface area contributed by atoms with Crippen LogP contribution in [0.4, 0.5) is 5.69 Å². The van der Waals surface area contributed by atoms with Crippen molar-refractivity contribution >= 4 is 57.6 Å². The molecule has 1 amide bonds. The fourth-order valence-corrected chi connectivity index (χ4v) is 4.31. The van der Waals surface area contributed by atoms with Crippen LogP contribution in [-0.2, 0) is 10.5 Å². The molecule has 0 aliphatic carbocycles. The van der Waals surface area contributed by atoms with E-state index in [1.165, 1.54) is 11.8 Å². The largest absolute Gasteiger partial charge is 0.338 e. The number of aromatic nitrogens is 2. The highest BCUT2D eigenvalue weighted by Gasteiger charge is 2.08. The summed E-state index contributed by atoms with van der Waals surface area (Å²) in [6.07, 6.45) is 0. The summed E-state index contributed by atoms with van der Waals surface area (Å²) >= 11 is 13.6. The third-order valence-corrected chi connectivity index (χ3v) is 5.88. The molecule has 29 heavy (non-hydrogen) atoms. The summed E-state index contributed by atoms with van der Waals surface area (Å²) in [6, 6.07) is 20.9. The van der Waals surface area contributed by atoms with Crippen LogP contribution >= 0.6 is 35.0 Å². The molecule has 1 aromatic heterocycles. The molecular weight excluding hydrogens is 425 g/mol. The maximum Gasteiger partial charge on any atom is 0.234 e. The molecule has 3 aromatic carbocycles. The molecule has 0 fully saturated rings. The number of rotatable bonds is 6. The van der Waals surface area contributed by atoms with Gasteiger partial charge in [0.1, 0.15) is 5.82 Å². The zero-order valence-corrected chi connectivity index (χ0v) is 17.6. The molecule has 0 aliphatic rings. The first-order chi connectivity index (χ1) is 14.1. The molecular formula is C22H17Cl2N3OS. The number of halogens is 2. The number of carbonyl (C=O) groups is 1. The van der Waals surface area contributed by atoms with E-state index in [2.05, 4.69) is 15.3 Å². The molecule has 0 spiro atoms. The van der Waals surface area contributed by atoms with E-state index in [1.807, 2.05) is 54.6 Å². The predicted molar refractivity (Wildman–Crippen MR) is 123 cm³/mol. The Balaban J connectivity index is 1.38. The highest BCUT2D eigenvalue weighted by molar-refractivity contribution is 7.99. The normalized spacial score (nSPS) is 11.0. The minimum Gasteiger partial charge on any atom is -0.338 e. The average Bonchev–Trinajstić information content (AvgIpc) is 3.14. The monoisotopic (exact) mass is 441 g/mol. The van der Waals surface area contributed by atoms with Crippen LogP contribution in [0.25, 0.3) is 22.4 Å². The zero-order valence-electron chi connectivity index (χ0n) is 15.3. The van der Waals surface area contributed by atoms with E-state index in [1.54, 1.807) is 12.1 Å². The molecule has 4 nitrogen and oxygen atoms in total. The summed E-state index contributed by atoms with van der Waals surface area (Å²) < 4.78 is 0.